The molecular formula is C28H38O8. The second-order valence-electron chi connectivity index (χ2n) is 11.2. The molecular weight excluding hydrogens is 464 g/mol. The van der Waals surface area contributed by atoms with Crippen molar-refractivity contribution in [1.29, 1.82) is 0 Å². The van der Waals surface area contributed by atoms with Crippen LogP contribution in [0.1, 0.15) is 72.6 Å². The number of allylic oxidation sites excluding steroid dienone is 4. The predicted octanol–water partition coefficient (Wildman–Crippen LogP) is 4.09. The molecule has 3 saturated carbocycles. The van der Waals surface area contributed by atoms with Gasteiger partial charge in [-0.3, -0.25) is 14.4 Å². The molecule has 8 heteroatoms. The number of hydrogen-bond acceptors (Lipinski definition) is 8. The van der Waals surface area contributed by atoms with Gasteiger partial charge in [-0.05, 0) is 62.5 Å². The smallest absolute Gasteiger partial charge is 0.457 e. The first-order chi connectivity index (χ1) is 17.0. The van der Waals surface area contributed by atoms with Crippen molar-refractivity contribution < 1.29 is 38.5 Å². The van der Waals surface area contributed by atoms with E-state index in [2.05, 4.69) is 6.92 Å². The highest BCUT2D eigenvalue weighted by Crippen LogP contribution is 2.67. The molecule has 7 atom stereocenters. The number of esters is 1. The number of aliphatic hydroxyl groups is 1. The van der Waals surface area contributed by atoms with Crippen LogP contribution in [-0.4, -0.2) is 53.7 Å². The zero-order valence-corrected chi connectivity index (χ0v) is 21.7. The van der Waals surface area contributed by atoms with Crippen LogP contribution in [0.15, 0.2) is 23.8 Å². The molecule has 0 aromatic rings. The van der Waals surface area contributed by atoms with Crippen LogP contribution in [0.5, 0.6) is 0 Å². The maximum Gasteiger partial charge on any atom is 0.509 e. The molecule has 0 saturated heterocycles. The number of rotatable bonds is 7. The summed E-state index contributed by atoms with van der Waals surface area (Å²) in [5.74, 6) is -1.05. The normalized spacial score (nSPS) is 38.8. The summed E-state index contributed by atoms with van der Waals surface area (Å²) in [6.45, 7) is 7.19. The van der Waals surface area contributed by atoms with Gasteiger partial charge in [0.25, 0.3) is 0 Å². The summed E-state index contributed by atoms with van der Waals surface area (Å²) in [7, 11) is 0. The van der Waals surface area contributed by atoms with Gasteiger partial charge < -0.3 is 19.3 Å². The van der Waals surface area contributed by atoms with Gasteiger partial charge in [0.15, 0.2) is 18.0 Å². The Hall–Kier alpha value is -2.48. The first-order valence-electron chi connectivity index (χ1n) is 13.2. The Morgan fingerprint density at radius 1 is 1.14 bits per heavy atom. The molecule has 3 fully saturated rings. The first-order valence-corrected chi connectivity index (χ1v) is 13.2. The van der Waals surface area contributed by atoms with Crippen molar-refractivity contribution in [3.05, 3.63) is 23.8 Å². The fourth-order valence-electron chi connectivity index (χ4n) is 7.72. The lowest BCUT2D eigenvalue weighted by Gasteiger charge is -2.59. The van der Waals surface area contributed by atoms with E-state index in [-0.39, 0.29) is 49.4 Å². The minimum absolute atomic E-state index is 0.0000971. The van der Waals surface area contributed by atoms with Crippen LogP contribution < -0.4 is 0 Å². The summed E-state index contributed by atoms with van der Waals surface area (Å²) in [4.78, 5) is 50.3. The second-order valence-corrected chi connectivity index (χ2v) is 11.2. The van der Waals surface area contributed by atoms with Gasteiger partial charge in [0, 0.05) is 23.2 Å². The number of carbonyl (C=O) groups is 4. The van der Waals surface area contributed by atoms with Crippen molar-refractivity contribution >= 4 is 23.7 Å². The van der Waals surface area contributed by atoms with Crippen LogP contribution in [0, 0.1) is 28.6 Å². The van der Waals surface area contributed by atoms with E-state index in [0.29, 0.717) is 12.8 Å². The number of ether oxygens (including phenoxy) is 3. The Labute approximate surface area is 212 Å². The molecule has 0 aromatic carbocycles. The van der Waals surface area contributed by atoms with E-state index in [4.69, 9.17) is 14.2 Å². The average Bonchev–Trinajstić information content (AvgIpc) is 3.13. The third-order valence-electron chi connectivity index (χ3n) is 9.40. The van der Waals surface area contributed by atoms with Gasteiger partial charge in [-0.15, -0.1) is 0 Å². The Morgan fingerprint density at radius 3 is 2.58 bits per heavy atom. The van der Waals surface area contributed by atoms with E-state index in [9.17, 15) is 24.3 Å². The maximum atomic E-state index is 13.7. The molecule has 0 radical (unpaired) electrons. The molecule has 0 amide bonds. The molecule has 0 spiro atoms. The average molecular weight is 503 g/mol. The van der Waals surface area contributed by atoms with Gasteiger partial charge in [-0.2, -0.15) is 0 Å². The standard InChI is InChI=1S/C28H38O8/c1-5-13-34-25(33)36-28(22(31)16-35-23(32)6-2)12-10-20-19-8-7-17-14-18(29)9-11-26(17,3)24(19)21(30)15-27(20,28)4/h9,11,14,19-21,24,30H,5-8,10,12-13,15-16H2,1-4H3/t19-,20-,21?,24+,26-,27-,28-/m0/s1. The molecule has 4 aliphatic rings. The van der Waals surface area contributed by atoms with Crippen molar-refractivity contribution in [2.75, 3.05) is 13.2 Å². The molecule has 4 rings (SSSR count). The summed E-state index contributed by atoms with van der Waals surface area (Å²) in [5, 5.41) is 11.6. The molecule has 0 bridgehead atoms. The summed E-state index contributed by atoms with van der Waals surface area (Å²) >= 11 is 0. The van der Waals surface area contributed by atoms with Crippen molar-refractivity contribution in [3.63, 3.8) is 0 Å². The predicted molar refractivity (Wildman–Crippen MR) is 130 cm³/mol. The lowest BCUT2D eigenvalue weighted by Crippen LogP contribution is -2.63. The number of Topliss-reactive ketones (excluding diaryl/α,β-unsaturated/α-hetero) is 1. The highest BCUT2D eigenvalue weighted by atomic mass is 16.7. The molecule has 4 aliphatic carbocycles. The molecule has 0 heterocycles. The molecule has 0 aromatic heterocycles. The van der Waals surface area contributed by atoms with E-state index < -0.39 is 47.0 Å². The Balaban J connectivity index is 1.69. The zero-order valence-electron chi connectivity index (χ0n) is 21.7. The van der Waals surface area contributed by atoms with E-state index >= 15 is 0 Å². The number of ketones is 2. The Bertz CT molecular complexity index is 998. The molecule has 198 valence electrons. The minimum Gasteiger partial charge on any atom is -0.457 e. The molecule has 8 nitrogen and oxygen atoms in total. The first kappa shape index (κ1) is 26.6. The van der Waals surface area contributed by atoms with E-state index in [1.807, 2.05) is 19.9 Å². The van der Waals surface area contributed by atoms with E-state index in [1.54, 1.807) is 19.1 Å². The molecule has 1 unspecified atom stereocenters. The Kier molecular flexibility index (Phi) is 7.21. The van der Waals surface area contributed by atoms with Crippen LogP contribution in [0.2, 0.25) is 0 Å². The maximum absolute atomic E-state index is 13.7. The van der Waals surface area contributed by atoms with Crippen molar-refractivity contribution in [2.24, 2.45) is 28.6 Å². The summed E-state index contributed by atoms with van der Waals surface area (Å²) in [6, 6.07) is 0. The molecule has 36 heavy (non-hydrogen) atoms. The van der Waals surface area contributed by atoms with Crippen LogP contribution in [0.25, 0.3) is 0 Å². The van der Waals surface area contributed by atoms with E-state index in [0.717, 1.165) is 18.4 Å². The zero-order chi connectivity index (χ0) is 26.3. The molecule has 1 N–H and O–H groups in total. The van der Waals surface area contributed by atoms with Crippen molar-refractivity contribution in [3.8, 4) is 0 Å². The topological polar surface area (TPSA) is 116 Å². The summed E-state index contributed by atoms with van der Waals surface area (Å²) in [6.07, 6.45) is 6.95. The molecule has 0 aliphatic heterocycles. The minimum atomic E-state index is -1.56. The van der Waals surface area contributed by atoms with Gasteiger partial charge in [0.1, 0.15) is 0 Å². The lowest BCUT2D eigenvalue weighted by molar-refractivity contribution is -0.185. The summed E-state index contributed by atoms with van der Waals surface area (Å²) < 4.78 is 16.3. The van der Waals surface area contributed by atoms with Gasteiger partial charge in [-0.25, -0.2) is 4.79 Å². The van der Waals surface area contributed by atoms with Gasteiger partial charge >= 0.3 is 12.1 Å². The largest absolute Gasteiger partial charge is 0.509 e. The third kappa shape index (κ3) is 4.11. The van der Waals surface area contributed by atoms with Crippen molar-refractivity contribution in [1.82, 2.24) is 0 Å². The van der Waals surface area contributed by atoms with Crippen LogP contribution >= 0.6 is 0 Å². The van der Waals surface area contributed by atoms with E-state index in [1.165, 1.54) is 0 Å². The number of aliphatic hydroxyl groups excluding tert-OH is 1. The van der Waals surface area contributed by atoms with Gasteiger partial charge in [-0.1, -0.05) is 39.3 Å². The van der Waals surface area contributed by atoms with Crippen LogP contribution in [0.3, 0.4) is 0 Å². The fourth-order valence-corrected chi connectivity index (χ4v) is 7.72. The summed E-state index contributed by atoms with van der Waals surface area (Å²) in [5.41, 5.74) is -1.81. The van der Waals surface area contributed by atoms with Crippen LogP contribution in [-0.2, 0) is 28.6 Å². The third-order valence-corrected chi connectivity index (χ3v) is 9.40. The number of carbonyl (C=O) groups excluding carboxylic acids is 4. The van der Waals surface area contributed by atoms with Gasteiger partial charge in [0.2, 0.25) is 5.78 Å². The monoisotopic (exact) mass is 502 g/mol. The van der Waals surface area contributed by atoms with Crippen LogP contribution in [0.4, 0.5) is 4.79 Å². The fraction of sp³-hybridized carbons (Fsp3) is 0.714. The Morgan fingerprint density at radius 2 is 1.89 bits per heavy atom. The highest BCUT2D eigenvalue weighted by molar-refractivity contribution is 6.01. The number of fused-ring (bicyclic) bond motifs is 5. The SMILES string of the molecule is CCCOC(=O)O[C@]1(C(=O)COC(=O)CC)CC[C@H]2[C@@H]3CCC4=CC(=O)C=C[C@]4(C)[C@H]3C(O)C[C@@]21C. The van der Waals surface area contributed by atoms with Gasteiger partial charge in [0.05, 0.1) is 12.7 Å². The second kappa shape index (κ2) is 9.77. The highest BCUT2D eigenvalue weighted by Gasteiger charge is 2.70. The quantitative estimate of drug-likeness (QED) is 0.518. The lowest BCUT2D eigenvalue weighted by atomic mass is 9.46. The van der Waals surface area contributed by atoms with Crippen molar-refractivity contribution in [2.45, 2.75) is 84.3 Å². The number of hydrogen-bond donors (Lipinski definition) is 1.